The van der Waals surface area contributed by atoms with Crippen molar-refractivity contribution < 1.29 is 4.79 Å². The average Bonchev–Trinajstić information content (AvgIpc) is 2.79. The summed E-state index contributed by atoms with van der Waals surface area (Å²) in [4.78, 5) is 13.8. The minimum atomic E-state index is -0.0584. The zero-order valence-corrected chi connectivity index (χ0v) is 17.5. The molecule has 4 aliphatic rings. The van der Waals surface area contributed by atoms with Crippen LogP contribution in [0.25, 0.3) is 10.1 Å². The van der Waals surface area contributed by atoms with Gasteiger partial charge in [-0.2, -0.15) is 0 Å². The van der Waals surface area contributed by atoms with Crippen LogP contribution in [0.1, 0.15) is 62.0 Å². The molecular formula is C21H23Cl2NOS. The summed E-state index contributed by atoms with van der Waals surface area (Å²) in [5.41, 5.74) is 0.689. The second-order valence-electron chi connectivity index (χ2n) is 9.75. The highest BCUT2D eigenvalue weighted by Crippen LogP contribution is 2.66. The lowest BCUT2D eigenvalue weighted by Crippen LogP contribution is -2.65. The predicted octanol–water partition coefficient (Wildman–Crippen LogP) is 6.69. The molecule has 1 N–H and O–H groups in total. The van der Waals surface area contributed by atoms with Crippen molar-refractivity contribution in [2.45, 2.75) is 57.9 Å². The van der Waals surface area contributed by atoms with E-state index in [1.54, 1.807) is 0 Å². The standard InChI is InChI=1S/C21H23Cl2NOS/c1-19-6-12-7-20(2,9-19)11-21(8-12,10-19)24-18(25)17-16(23)14-4-3-13(22)5-15(14)26-17/h3-5,12H,6-11H2,1-2H3,(H,24,25)/t12?,19-,20-,21?/m0/s1. The van der Waals surface area contributed by atoms with Crippen LogP contribution in [0.2, 0.25) is 10.0 Å². The molecule has 4 bridgehead atoms. The van der Waals surface area contributed by atoms with Gasteiger partial charge in [0.25, 0.3) is 5.91 Å². The molecule has 0 unspecified atom stereocenters. The van der Waals surface area contributed by atoms with Gasteiger partial charge < -0.3 is 5.32 Å². The monoisotopic (exact) mass is 407 g/mol. The molecule has 2 atom stereocenters. The molecule has 0 saturated heterocycles. The van der Waals surface area contributed by atoms with Gasteiger partial charge in [-0.15, -0.1) is 11.3 Å². The second kappa shape index (κ2) is 5.40. The molecule has 0 aliphatic heterocycles. The second-order valence-corrected chi connectivity index (χ2v) is 11.6. The van der Waals surface area contributed by atoms with Crippen LogP contribution in [0.3, 0.4) is 0 Å². The fourth-order valence-corrected chi connectivity index (χ4v) is 8.76. The zero-order valence-electron chi connectivity index (χ0n) is 15.1. The van der Waals surface area contributed by atoms with E-state index in [1.807, 2.05) is 18.2 Å². The van der Waals surface area contributed by atoms with Crippen molar-refractivity contribution in [2.24, 2.45) is 16.7 Å². The van der Waals surface area contributed by atoms with Gasteiger partial charge in [0.1, 0.15) is 4.88 Å². The molecule has 138 valence electrons. The smallest absolute Gasteiger partial charge is 0.263 e. The first-order valence-corrected chi connectivity index (χ1v) is 11.0. The number of nitrogens with one attached hydrogen (secondary N) is 1. The molecule has 2 nitrogen and oxygen atoms in total. The number of fused-ring (bicyclic) bond motifs is 1. The first-order valence-electron chi connectivity index (χ1n) is 9.39. The van der Waals surface area contributed by atoms with Gasteiger partial charge in [-0.25, -0.2) is 0 Å². The Balaban J connectivity index is 1.48. The van der Waals surface area contributed by atoms with Crippen molar-refractivity contribution in [3.8, 4) is 0 Å². The number of halogens is 2. The SMILES string of the molecule is C[C@@]12CC3CC(NC(=O)c4sc5cc(Cl)ccc5c4Cl)(C1)C[C@@](C)(C3)C2. The zero-order chi connectivity index (χ0) is 18.3. The molecule has 6 rings (SSSR count). The van der Waals surface area contributed by atoms with Crippen LogP contribution >= 0.6 is 34.5 Å². The molecule has 1 aromatic heterocycles. The van der Waals surface area contributed by atoms with Gasteiger partial charge in [-0.05, 0) is 67.4 Å². The van der Waals surface area contributed by atoms with E-state index < -0.39 is 0 Å². The normalized spacial score (nSPS) is 38.1. The van der Waals surface area contributed by atoms with Crippen molar-refractivity contribution in [2.75, 3.05) is 0 Å². The van der Waals surface area contributed by atoms with Crippen molar-refractivity contribution in [1.82, 2.24) is 5.32 Å². The summed E-state index contributed by atoms with van der Waals surface area (Å²) >= 11 is 14.1. The van der Waals surface area contributed by atoms with E-state index in [4.69, 9.17) is 23.2 Å². The Morgan fingerprint density at radius 2 is 1.81 bits per heavy atom. The number of amides is 1. The minimum absolute atomic E-state index is 0.0125. The van der Waals surface area contributed by atoms with Crippen LogP contribution in [-0.4, -0.2) is 11.4 Å². The van der Waals surface area contributed by atoms with Gasteiger partial charge >= 0.3 is 0 Å². The molecule has 1 amide bonds. The minimum Gasteiger partial charge on any atom is -0.346 e. The Morgan fingerprint density at radius 1 is 1.12 bits per heavy atom. The van der Waals surface area contributed by atoms with E-state index in [0.717, 1.165) is 35.3 Å². The summed E-state index contributed by atoms with van der Waals surface area (Å²) in [7, 11) is 0. The highest BCUT2D eigenvalue weighted by molar-refractivity contribution is 7.21. The van der Waals surface area contributed by atoms with E-state index >= 15 is 0 Å². The molecule has 0 radical (unpaired) electrons. The maximum absolute atomic E-state index is 13.2. The molecule has 2 aromatic rings. The topological polar surface area (TPSA) is 29.1 Å². The lowest BCUT2D eigenvalue weighted by molar-refractivity contribution is -0.114. The Labute approximate surface area is 168 Å². The van der Waals surface area contributed by atoms with Crippen LogP contribution in [0.4, 0.5) is 0 Å². The van der Waals surface area contributed by atoms with Crippen molar-refractivity contribution >= 4 is 50.5 Å². The van der Waals surface area contributed by atoms with Crippen molar-refractivity contribution in [3.63, 3.8) is 0 Å². The summed E-state index contributed by atoms with van der Waals surface area (Å²) in [6.45, 7) is 4.84. The molecule has 1 aromatic carbocycles. The van der Waals surface area contributed by atoms with E-state index in [0.29, 0.717) is 25.8 Å². The molecule has 0 spiro atoms. The third-order valence-electron chi connectivity index (χ3n) is 6.80. The number of benzene rings is 1. The first kappa shape index (κ1) is 17.3. The van der Waals surface area contributed by atoms with Crippen molar-refractivity contribution in [1.29, 1.82) is 0 Å². The number of carbonyl (C=O) groups is 1. The molecule has 4 aliphatic carbocycles. The maximum Gasteiger partial charge on any atom is 0.263 e. The number of rotatable bonds is 2. The summed E-state index contributed by atoms with van der Waals surface area (Å²) in [5, 5.41) is 5.60. The highest BCUT2D eigenvalue weighted by Gasteiger charge is 2.60. The Hall–Kier alpha value is -0.770. The van der Waals surface area contributed by atoms with Crippen LogP contribution in [0.15, 0.2) is 18.2 Å². The van der Waals surface area contributed by atoms with Gasteiger partial charge in [0.05, 0.1) is 5.02 Å². The molecule has 5 heteroatoms. The van der Waals surface area contributed by atoms with E-state index in [1.165, 1.54) is 30.6 Å². The quantitative estimate of drug-likeness (QED) is 0.590. The number of hydrogen-bond donors (Lipinski definition) is 1. The van der Waals surface area contributed by atoms with Crippen LogP contribution in [-0.2, 0) is 0 Å². The van der Waals surface area contributed by atoms with Gasteiger partial charge in [0.15, 0.2) is 0 Å². The fraction of sp³-hybridized carbons (Fsp3) is 0.571. The summed E-state index contributed by atoms with van der Waals surface area (Å²) in [5.74, 6) is 0.736. The van der Waals surface area contributed by atoms with Crippen LogP contribution in [0.5, 0.6) is 0 Å². The fourth-order valence-electron chi connectivity index (χ4n) is 7.07. The van der Waals surface area contributed by atoms with Crippen molar-refractivity contribution in [3.05, 3.63) is 33.1 Å². The van der Waals surface area contributed by atoms with Gasteiger partial charge in [-0.1, -0.05) is 43.1 Å². The lowest BCUT2D eigenvalue weighted by Gasteiger charge is -2.65. The Bertz CT molecular complexity index is 917. The van der Waals surface area contributed by atoms with Gasteiger partial charge in [-0.3, -0.25) is 4.79 Å². The van der Waals surface area contributed by atoms with E-state index in [9.17, 15) is 4.79 Å². The third kappa shape index (κ3) is 2.62. The largest absolute Gasteiger partial charge is 0.346 e. The Morgan fingerprint density at radius 3 is 2.46 bits per heavy atom. The lowest BCUT2D eigenvalue weighted by atomic mass is 9.43. The molecule has 4 fully saturated rings. The number of thiophene rings is 1. The van der Waals surface area contributed by atoms with Crippen LogP contribution in [0, 0.1) is 16.7 Å². The maximum atomic E-state index is 13.2. The highest BCUT2D eigenvalue weighted by atomic mass is 35.5. The first-order chi connectivity index (χ1) is 12.2. The van der Waals surface area contributed by atoms with E-state index in [-0.39, 0.29) is 11.4 Å². The summed E-state index contributed by atoms with van der Waals surface area (Å²) < 4.78 is 0.970. The predicted molar refractivity (Wildman–Crippen MR) is 109 cm³/mol. The van der Waals surface area contributed by atoms with E-state index in [2.05, 4.69) is 19.2 Å². The molecule has 4 saturated carbocycles. The summed E-state index contributed by atoms with van der Waals surface area (Å²) in [6.07, 6.45) is 7.28. The molecule has 1 heterocycles. The third-order valence-corrected chi connectivity index (χ3v) is 8.69. The molecular weight excluding hydrogens is 385 g/mol. The van der Waals surface area contributed by atoms with Crippen LogP contribution < -0.4 is 5.32 Å². The Kier molecular flexibility index (Phi) is 3.60. The summed E-state index contributed by atoms with van der Waals surface area (Å²) in [6, 6.07) is 5.61. The molecule has 26 heavy (non-hydrogen) atoms. The average molecular weight is 408 g/mol. The number of carbonyl (C=O) groups excluding carboxylic acids is 1. The van der Waals surface area contributed by atoms with Gasteiger partial charge in [0, 0.05) is 20.6 Å². The van der Waals surface area contributed by atoms with Gasteiger partial charge in [0.2, 0.25) is 0 Å². The number of hydrogen-bond acceptors (Lipinski definition) is 2.